The Morgan fingerprint density at radius 3 is 2.10 bits per heavy atom. The van der Waals surface area contributed by atoms with Crippen LogP contribution in [0.5, 0.6) is 5.75 Å². The molecule has 0 aliphatic carbocycles. The number of nitrogens with zero attached hydrogens (tertiary/aromatic N) is 4. The van der Waals surface area contributed by atoms with E-state index >= 15 is 0 Å². The molecule has 1 heterocycles. The number of anilines is 1. The van der Waals surface area contributed by atoms with Gasteiger partial charge in [-0.15, -0.1) is 0 Å². The molecule has 0 bridgehead atoms. The number of carbonyl (C=O) groups is 1. The van der Waals surface area contributed by atoms with Crippen LogP contribution in [0.2, 0.25) is 0 Å². The first-order valence-electron chi connectivity index (χ1n) is 8.69. The lowest BCUT2D eigenvalue weighted by molar-refractivity contribution is -0.385. The van der Waals surface area contributed by atoms with Crippen molar-refractivity contribution >= 4 is 23.0 Å². The van der Waals surface area contributed by atoms with Gasteiger partial charge in [-0.05, 0) is 18.2 Å². The number of rotatable bonds is 6. The second-order valence-electron chi connectivity index (χ2n) is 6.30. The summed E-state index contributed by atoms with van der Waals surface area (Å²) in [6.07, 6.45) is 0. The fraction of sp³-hybridized carbons (Fsp3) is 0.278. The molecular weight excluding hydrogens is 387 g/mol. The molecule has 29 heavy (non-hydrogen) atoms. The van der Waals surface area contributed by atoms with Crippen LogP contribution in [0.1, 0.15) is 0 Å². The lowest BCUT2D eigenvalue weighted by Crippen LogP contribution is -2.50. The van der Waals surface area contributed by atoms with Crippen molar-refractivity contribution in [3.05, 3.63) is 68.5 Å². The van der Waals surface area contributed by atoms with E-state index in [-0.39, 0.29) is 24.0 Å². The van der Waals surface area contributed by atoms with Gasteiger partial charge in [0.1, 0.15) is 0 Å². The highest BCUT2D eigenvalue weighted by Gasteiger charge is 2.22. The van der Waals surface area contributed by atoms with Crippen LogP contribution in [0.15, 0.2) is 42.5 Å². The molecule has 11 heteroatoms. The zero-order chi connectivity index (χ0) is 21.0. The van der Waals surface area contributed by atoms with E-state index < -0.39 is 21.4 Å². The van der Waals surface area contributed by atoms with Gasteiger partial charge in [-0.1, -0.05) is 0 Å². The number of nitro groups is 2. The first-order chi connectivity index (χ1) is 13.8. The number of halogens is 1. The lowest BCUT2D eigenvalue weighted by atomic mass is 10.2. The molecule has 0 spiro atoms. The summed E-state index contributed by atoms with van der Waals surface area (Å²) in [5, 5.41) is 21.3. The Hall–Kier alpha value is -3.76. The second kappa shape index (κ2) is 8.50. The number of benzene rings is 2. The number of amides is 1. The fourth-order valence-corrected chi connectivity index (χ4v) is 2.95. The molecule has 3 rings (SSSR count). The molecule has 2 aromatic carbocycles. The molecule has 0 unspecified atom stereocenters. The van der Waals surface area contributed by atoms with E-state index in [1.54, 1.807) is 17.0 Å². The molecular formula is C18H17FN4O6. The first kappa shape index (κ1) is 20.0. The van der Waals surface area contributed by atoms with Crippen LogP contribution in [0.3, 0.4) is 0 Å². The topological polar surface area (TPSA) is 119 Å². The average Bonchev–Trinajstić information content (AvgIpc) is 2.72. The Bertz CT molecular complexity index is 928. The molecule has 0 saturated carbocycles. The van der Waals surface area contributed by atoms with Crippen molar-refractivity contribution in [2.24, 2.45) is 0 Å². The molecule has 152 valence electrons. The Labute approximate surface area is 164 Å². The summed E-state index contributed by atoms with van der Waals surface area (Å²) in [4.78, 5) is 36.0. The molecule has 1 aliphatic rings. The quantitative estimate of drug-likeness (QED) is 0.535. The van der Waals surface area contributed by atoms with E-state index in [0.29, 0.717) is 26.2 Å². The molecule has 0 aromatic heterocycles. The minimum Gasteiger partial charge on any atom is -0.481 e. The highest BCUT2D eigenvalue weighted by molar-refractivity contribution is 5.78. The predicted octanol–water partition coefficient (Wildman–Crippen LogP) is 2.37. The van der Waals surface area contributed by atoms with Gasteiger partial charge in [0.25, 0.3) is 17.3 Å². The minimum absolute atomic E-state index is 0.0122. The molecule has 1 aliphatic heterocycles. The number of hydrogen-bond acceptors (Lipinski definition) is 7. The van der Waals surface area contributed by atoms with Crippen molar-refractivity contribution in [1.29, 1.82) is 0 Å². The van der Waals surface area contributed by atoms with E-state index in [1.165, 1.54) is 12.1 Å². The van der Waals surface area contributed by atoms with E-state index in [2.05, 4.69) is 0 Å². The van der Waals surface area contributed by atoms with Crippen LogP contribution >= 0.6 is 0 Å². The minimum atomic E-state index is -0.907. The van der Waals surface area contributed by atoms with E-state index in [4.69, 9.17) is 4.74 Å². The summed E-state index contributed by atoms with van der Waals surface area (Å²) in [5.74, 6) is -1.46. The van der Waals surface area contributed by atoms with Crippen molar-refractivity contribution in [2.75, 3.05) is 37.7 Å². The van der Waals surface area contributed by atoms with E-state index in [1.807, 2.05) is 4.90 Å². The summed E-state index contributed by atoms with van der Waals surface area (Å²) in [7, 11) is 0. The van der Waals surface area contributed by atoms with Gasteiger partial charge < -0.3 is 14.5 Å². The zero-order valence-electron chi connectivity index (χ0n) is 15.2. The van der Waals surface area contributed by atoms with Crippen molar-refractivity contribution in [2.45, 2.75) is 0 Å². The van der Waals surface area contributed by atoms with Gasteiger partial charge in [-0.3, -0.25) is 25.0 Å². The van der Waals surface area contributed by atoms with E-state index in [9.17, 15) is 29.4 Å². The summed E-state index contributed by atoms with van der Waals surface area (Å²) >= 11 is 0. The molecule has 10 nitrogen and oxygen atoms in total. The number of ether oxygens (including phenoxy) is 1. The summed E-state index contributed by atoms with van der Waals surface area (Å²) in [6.45, 7) is 1.53. The fourth-order valence-electron chi connectivity index (χ4n) is 2.95. The standard InChI is InChI=1S/C18H17FN4O6/c19-16-11-15(23(27)28)5-6-17(16)29-12-18(24)21-9-7-20(8-10-21)13-1-3-14(4-2-13)22(25)26/h1-6,11H,7-10,12H2. The average molecular weight is 404 g/mol. The molecule has 2 aromatic rings. The number of hydrogen-bond donors (Lipinski definition) is 0. The predicted molar refractivity (Wildman–Crippen MR) is 100 cm³/mol. The number of carbonyl (C=O) groups excluding carboxylic acids is 1. The number of non-ortho nitro benzene ring substituents is 2. The third-order valence-electron chi connectivity index (χ3n) is 4.54. The normalized spacial score (nSPS) is 13.8. The molecule has 0 radical (unpaired) electrons. The van der Waals surface area contributed by atoms with Gasteiger partial charge in [-0.2, -0.15) is 0 Å². The van der Waals surface area contributed by atoms with E-state index in [0.717, 1.165) is 23.9 Å². The monoisotopic (exact) mass is 404 g/mol. The van der Waals surface area contributed by atoms with Crippen molar-refractivity contribution in [3.63, 3.8) is 0 Å². The maximum atomic E-state index is 13.8. The Balaban J connectivity index is 1.51. The number of piperazine rings is 1. The largest absolute Gasteiger partial charge is 0.481 e. The zero-order valence-corrected chi connectivity index (χ0v) is 15.2. The van der Waals surface area contributed by atoms with Gasteiger partial charge in [0.05, 0.1) is 15.9 Å². The molecule has 1 saturated heterocycles. The van der Waals surface area contributed by atoms with Crippen molar-refractivity contribution in [1.82, 2.24) is 4.90 Å². The van der Waals surface area contributed by atoms with Gasteiger partial charge in [-0.25, -0.2) is 4.39 Å². The molecule has 1 amide bonds. The van der Waals surface area contributed by atoms with Crippen LogP contribution < -0.4 is 9.64 Å². The summed E-state index contributed by atoms with van der Waals surface area (Å²) in [5.41, 5.74) is 0.439. The molecule has 1 fully saturated rings. The van der Waals surface area contributed by atoms with Crippen LogP contribution in [-0.4, -0.2) is 53.4 Å². The van der Waals surface area contributed by atoms with Gasteiger partial charge in [0.2, 0.25) is 0 Å². The highest BCUT2D eigenvalue weighted by atomic mass is 19.1. The number of nitro benzene ring substituents is 2. The highest BCUT2D eigenvalue weighted by Crippen LogP contribution is 2.23. The van der Waals surface area contributed by atoms with Crippen molar-refractivity contribution in [3.8, 4) is 5.75 Å². The maximum absolute atomic E-state index is 13.8. The van der Waals surface area contributed by atoms with Gasteiger partial charge in [0, 0.05) is 50.1 Å². The van der Waals surface area contributed by atoms with Gasteiger partial charge in [0.15, 0.2) is 18.2 Å². The first-order valence-corrected chi connectivity index (χ1v) is 8.69. The second-order valence-corrected chi connectivity index (χ2v) is 6.30. The van der Waals surface area contributed by atoms with Crippen molar-refractivity contribution < 1.29 is 23.8 Å². The SMILES string of the molecule is O=C(COc1ccc([N+](=O)[O-])cc1F)N1CCN(c2ccc([N+](=O)[O-])cc2)CC1. The lowest BCUT2D eigenvalue weighted by Gasteiger charge is -2.36. The third-order valence-corrected chi connectivity index (χ3v) is 4.54. The summed E-state index contributed by atoms with van der Waals surface area (Å²) < 4.78 is 19.0. The Morgan fingerprint density at radius 2 is 1.55 bits per heavy atom. The maximum Gasteiger partial charge on any atom is 0.272 e. The van der Waals surface area contributed by atoms with Crippen LogP contribution in [-0.2, 0) is 4.79 Å². The molecule has 0 atom stereocenters. The van der Waals surface area contributed by atoms with Crippen LogP contribution in [0.4, 0.5) is 21.5 Å². The van der Waals surface area contributed by atoms with Crippen LogP contribution in [0, 0.1) is 26.0 Å². The summed E-state index contributed by atoms with van der Waals surface area (Å²) in [6, 6.07) is 9.15. The third kappa shape index (κ3) is 4.75. The smallest absolute Gasteiger partial charge is 0.272 e. The van der Waals surface area contributed by atoms with Gasteiger partial charge >= 0.3 is 0 Å². The van der Waals surface area contributed by atoms with Crippen LogP contribution in [0.25, 0.3) is 0 Å². The molecule has 0 N–H and O–H groups in total. The Morgan fingerprint density at radius 1 is 0.966 bits per heavy atom. The Kier molecular flexibility index (Phi) is 5.86.